The first-order valence-electron chi connectivity index (χ1n) is 8.49. The minimum absolute atomic E-state index is 0.0974. The van der Waals surface area contributed by atoms with Crippen LogP contribution in [0, 0.1) is 9.39 Å². The van der Waals surface area contributed by atoms with E-state index >= 15 is 0 Å². The third kappa shape index (κ3) is 4.72. The summed E-state index contributed by atoms with van der Waals surface area (Å²) in [4.78, 5) is 16.0. The third-order valence-corrected chi connectivity index (χ3v) is 5.26. The van der Waals surface area contributed by atoms with Gasteiger partial charge in [0.25, 0.3) is 11.9 Å². The van der Waals surface area contributed by atoms with Gasteiger partial charge in [-0.3, -0.25) is 9.48 Å². The van der Waals surface area contributed by atoms with Gasteiger partial charge >= 0.3 is 12.1 Å². The molecule has 1 amide bonds. The first-order chi connectivity index (χ1) is 14.2. The van der Waals surface area contributed by atoms with Gasteiger partial charge in [0.2, 0.25) is 0 Å². The Balaban J connectivity index is 1.91. The smallest absolute Gasteiger partial charge is 0.408 e. The Hall–Kier alpha value is -2.52. The zero-order valence-electron chi connectivity index (χ0n) is 15.6. The molecule has 1 aliphatic heterocycles. The number of hydrogen-bond acceptors (Lipinski definition) is 5. The molecule has 0 spiro atoms. The molecular weight excluding hydrogens is 547 g/mol. The lowest BCUT2D eigenvalue weighted by Gasteiger charge is -2.37. The Bertz CT molecular complexity index is 1050. The van der Waals surface area contributed by atoms with Crippen molar-refractivity contribution in [2.24, 2.45) is 10.7 Å². The highest BCUT2D eigenvalue weighted by Gasteiger charge is 2.56. The number of hydrogen-bond donors (Lipinski definition) is 2. The van der Waals surface area contributed by atoms with E-state index in [0.29, 0.717) is 4.68 Å². The summed E-state index contributed by atoms with van der Waals surface area (Å²) in [6, 6.07) is 2.35. The van der Waals surface area contributed by atoms with Crippen molar-refractivity contribution in [1.29, 1.82) is 0 Å². The summed E-state index contributed by atoms with van der Waals surface area (Å²) >= 11 is 1.63. The molecule has 2 aromatic rings. The van der Waals surface area contributed by atoms with Crippen LogP contribution in [0.15, 0.2) is 29.4 Å². The van der Waals surface area contributed by atoms with E-state index < -0.39 is 54.1 Å². The average Bonchev–Trinajstić information content (AvgIpc) is 2.98. The van der Waals surface area contributed by atoms with Gasteiger partial charge in [0.05, 0.1) is 3.57 Å². The molecule has 0 fully saturated rings. The first-order valence-corrected chi connectivity index (χ1v) is 9.57. The monoisotopic (exact) mass is 561 g/mol. The van der Waals surface area contributed by atoms with Gasteiger partial charge in [0.1, 0.15) is 12.4 Å². The molecule has 0 radical (unpaired) electrons. The van der Waals surface area contributed by atoms with Gasteiger partial charge in [-0.15, -0.1) is 0 Å². The van der Waals surface area contributed by atoms with Crippen LogP contribution in [0.25, 0.3) is 0 Å². The molecule has 7 nitrogen and oxygen atoms in total. The molecule has 0 bridgehead atoms. The number of halogens is 7. The second-order valence-electron chi connectivity index (χ2n) is 6.80. The van der Waals surface area contributed by atoms with E-state index in [2.05, 4.69) is 20.1 Å². The number of rotatable bonds is 4. The Labute approximate surface area is 184 Å². The van der Waals surface area contributed by atoms with Crippen LogP contribution < -0.4 is 11.1 Å². The first kappa shape index (κ1) is 23.1. The quantitative estimate of drug-likeness (QED) is 0.441. The molecule has 31 heavy (non-hydrogen) atoms. The van der Waals surface area contributed by atoms with Crippen LogP contribution in [-0.4, -0.2) is 40.4 Å². The molecule has 0 unspecified atom stereocenters. The number of carbonyl (C=O) groups excluding carboxylic acids is 1. The van der Waals surface area contributed by atoms with Crippen LogP contribution in [0.5, 0.6) is 0 Å². The number of aromatic nitrogens is 2. The van der Waals surface area contributed by atoms with Crippen LogP contribution in [0.4, 0.5) is 32.0 Å². The van der Waals surface area contributed by atoms with Crippen molar-refractivity contribution >= 4 is 40.2 Å². The van der Waals surface area contributed by atoms with Gasteiger partial charge in [-0.2, -0.15) is 27.1 Å². The second-order valence-corrected chi connectivity index (χ2v) is 7.96. The molecule has 1 atom stereocenters. The maximum Gasteiger partial charge on any atom is 0.408 e. The van der Waals surface area contributed by atoms with Gasteiger partial charge in [0.15, 0.2) is 17.8 Å². The van der Waals surface area contributed by atoms with Crippen molar-refractivity contribution in [3.05, 3.63) is 45.0 Å². The molecule has 0 aliphatic carbocycles. The van der Waals surface area contributed by atoms with E-state index in [1.54, 1.807) is 22.6 Å². The predicted octanol–water partition coefficient (Wildman–Crippen LogP) is 3.64. The van der Waals surface area contributed by atoms with E-state index in [1.165, 1.54) is 0 Å². The highest BCUT2D eigenvalue weighted by atomic mass is 127. The van der Waals surface area contributed by atoms with E-state index in [0.717, 1.165) is 31.3 Å². The van der Waals surface area contributed by atoms with Gasteiger partial charge in [-0.1, -0.05) is 0 Å². The fourth-order valence-corrected chi connectivity index (χ4v) is 3.55. The van der Waals surface area contributed by atoms with Crippen molar-refractivity contribution < 1.29 is 35.9 Å². The number of nitrogens with zero attached hydrogens (tertiary/aromatic N) is 3. The van der Waals surface area contributed by atoms with Crippen LogP contribution in [0.3, 0.4) is 0 Å². The standard InChI is InChI=1S/C17H14F6IN5O2/c1-15(16(19,20)7-31-14(25)27-15)9-4-8(2-3-10(9)18)26-13(30)12-11(24)5-29(28-12)6-17(21,22)23/h2-5H,6-7H2,1H3,(H2,25,27)(H,26,30)/t15-/m1/s1. The zero-order chi connectivity index (χ0) is 23.2. The van der Waals surface area contributed by atoms with Crippen LogP contribution in [0.2, 0.25) is 0 Å². The summed E-state index contributed by atoms with van der Waals surface area (Å²) in [6.45, 7) is -1.55. The summed E-state index contributed by atoms with van der Waals surface area (Å²) in [5.74, 6) is -5.55. The Kier molecular flexibility index (Phi) is 5.88. The summed E-state index contributed by atoms with van der Waals surface area (Å²) in [5.41, 5.74) is 2.00. The summed E-state index contributed by atoms with van der Waals surface area (Å²) < 4.78 is 86.2. The Morgan fingerprint density at radius 3 is 2.71 bits per heavy atom. The third-order valence-electron chi connectivity index (χ3n) is 4.47. The number of amidine groups is 1. The lowest BCUT2D eigenvalue weighted by molar-refractivity contribution is -0.142. The van der Waals surface area contributed by atoms with Gasteiger partial charge in [0, 0.05) is 17.4 Å². The summed E-state index contributed by atoms with van der Waals surface area (Å²) in [5, 5.41) is 5.91. The molecule has 1 aliphatic rings. The number of amides is 1. The minimum Gasteiger partial charge on any atom is -0.459 e. The molecule has 1 aromatic heterocycles. The number of aliphatic imine (C=N–C) groups is 1. The number of anilines is 1. The lowest BCUT2D eigenvalue weighted by atomic mass is 9.85. The van der Waals surface area contributed by atoms with Crippen LogP contribution in [0.1, 0.15) is 23.0 Å². The zero-order valence-corrected chi connectivity index (χ0v) is 17.8. The van der Waals surface area contributed by atoms with Gasteiger partial charge in [-0.05, 0) is 47.7 Å². The number of nitrogens with two attached hydrogens (primary N) is 1. The predicted molar refractivity (Wildman–Crippen MR) is 105 cm³/mol. The van der Waals surface area contributed by atoms with Crippen molar-refractivity contribution in [1.82, 2.24) is 9.78 Å². The second kappa shape index (κ2) is 7.87. The number of alkyl halides is 5. The van der Waals surface area contributed by atoms with E-state index in [1.807, 2.05) is 0 Å². The normalized spacial score (nSPS) is 20.7. The Morgan fingerprint density at radius 2 is 2.06 bits per heavy atom. The molecular formula is C17H14F6IN5O2. The number of carbonyl (C=O) groups is 1. The summed E-state index contributed by atoms with van der Waals surface area (Å²) in [6.07, 6.45) is -3.51. The van der Waals surface area contributed by atoms with Crippen molar-refractivity contribution in [2.75, 3.05) is 11.9 Å². The highest BCUT2D eigenvalue weighted by Crippen LogP contribution is 2.44. The average molecular weight is 561 g/mol. The molecule has 14 heteroatoms. The molecule has 0 saturated heterocycles. The molecule has 3 N–H and O–H groups in total. The van der Waals surface area contributed by atoms with E-state index in [9.17, 15) is 31.1 Å². The number of benzene rings is 1. The fourth-order valence-electron chi connectivity index (χ4n) is 2.88. The molecule has 168 valence electrons. The molecule has 0 saturated carbocycles. The molecule has 2 heterocycles. The number of nitrogens with one attached hydrogen (secondary N) is 1. The topological polar surface area (TPSA) is 94.5 Å². The van der Waals surface area contributed by atoms with E-state index in [4.69, 9.17) is 5.73 Å². The van der Waals surface area contributed by atoms with E-state index in [-0.39, 0.29) is 15.0 Å². The number of ether oxygens (including phenoxy) is 1. The van der Waals surface area contributed by atoms with Crippen molar-refractivity contribution in [3.8, 4) is 0 Å². The van der Waals surface area contributed by atoms with Crippen molar-refractivity contribution in [2.45, 2.75) is 31.1 Å². The van der Waals surface area contributed by atoms with Gasteiger partial charge < -0.3 is 15.8 Å². The SMILES string of the molecule is C[C@]1(c2cc(NC(=O)c3nn(CC(F)(F)F)cc3I)ccc2F)N=C(N)OCC1(F)F. The largest absolute Gasteiger partial charge is 0.459 e. The van der Waals surface area contributed by atoms with Crippen LogP contribution in [-0.2, 0) is 16.8 Å². The lowest BCUT2D eigenvalue weighted by Crippen LogP contribution is -2.51. The Morgan fingerprint density at radius 1 is 1.39 bits per heavy atom. The fraction of sp³-hybridized carbons (Fsp3) is 0.353. The molecule has 3 rings (SSSR count). The maximum absolute atomic E-state index is 14.5. The minimum atomic E-state index is -4.54. The van der Waals surface area contributed by atoms with Crippen molar-refractivity contribution in [3.63, 3.8) is 0 Å². The molecule has 1 aromatic carbocycles. The van der Waals surface area contributed by atoms with Gasteiger partial charge in [-0.25, -0.2) is 9.38 Å². The van der Waals surface area contributed by atoms with Crippen LogP contribution >= 0.6 is 22.6 Å². The summed E-state index contributed by atoms with van der Waals surface area (Å²) in [7, 11) is 0. The highest BCUT2D eigenvalue weighted by molar-refractivity contribution is 14.1. The maximum atomic E-state index is 14.5.